The predicted octanol–water partition coefficient (Wildman–Crippen LogP) is 5.09. The summed E-state index contributed by atoms with van der Waals surface area (Å²) in [5, 5.41) is 9.40. The van der Waals surface area contributed by atoms with Crippen molar-refractivity contribution in [2.24, 2.45) is 0 Å². The van der Waals surface area contributed by atoms with Gasteiger partial charge >= 0.3 is 0 Å². The first kappa shape index (κ1) is 21.9. The number of pyridine rings is 2. The van der Waals surface area contributed by atoms with Crippen molar-refractivity contribution in [3.63, 3.8) is 0 Å². The van der Waals surface area contributed by atoms with Crippen LogP contribution in [0.15, 0.2) is 95.2 Å². The van der Waals surface area contributed by atoms with E-state index in [-0.39, 0.29) is 23.3 Å². The maximum Gasteiger partial charge on any atom is 0.234 e. The second-order valence-corrected chi connectivity index (χ2v) is 8.78. The third kappa shape index (κ3) is 6.32. The van der Waals surface area contributed by atoms with E-state index in [0.717, 1.165) is 20.8 Å². The second kappa shape index (κ2) is 10.8. The van der Waals surface area contributed by atoms with Crippen molar-refractivity contribution in [2.75, 3.05) is 22.1 Å². The molecule has 0 saturated carbocycles. The lowest BCUT2D eigenvalue weighted by Crippen LogP contribution is -2.14. The van der Waals surface area contributed by atoms with Crippen LogP contribution in [0, 0.1) is 0 Å². The molecule has 0 fully saturated rings. The number of rotatable bonds is 8. The molecule has 0 radical (unpaired) electrons. The number of aromatic nitrogens is 2. The van der Waals surface area contributed by atoms with Crippen LogP contribution in [-0.4, -0.2) is 33.3 Å². The van der Waals surface area contributed by atoms with Gasteiger partial charge in [-0.25, -0.2) is 9.97 Å². The summed E-state index contributed by atoms with van der Waals surface area (Å²) < 4.78 is 0. The Bertz CT molecular complexity index is 1130. The van der Waals surface area contributed by atoms with Crippen LogP contribution in [0.2, 0.25) is 0 Å². The van der Waals surface area contributed by atoms with Gasteiger partial charge in [-0.3, -0.25) is 9.59 Å². The lowest BCUT2D eigenvalue weighted by atomic mass is 10.1. The topological polar surface area (TPSA) is 84.0 Å². The summed E-state index contributed by atoms with van der Waals surface area (Å²) in [7, 11) is 0. The number of fused-ring (bicyclic) bond motifs is 1. The number of carbonyl (C=O) groups is 2. The van der Waals surface area contributed by atoms with Crippen molar-refractivity contribution in [1.82, 2.24) is 9.97 Å². The van der Waals surface area contributed by atoms with Crippen molar-refractivity contribution in [1.29, 1.82) is 0 Å². The monoisotopic (exact) mass is 460 g/mol. The van der Waals surface area contributed by atoms with Gasteiger partial charge in [0, 0.05) is 23.8 Å². The van der Waals surface area contributed by atoms with Gasteiger partial charge < -0.3 is 10.6 Å². The summed E-state index contributed by atoms with van der Waals surface area (Å²) in [6, 6.07) is 22.6. The maximum absolute atomic E-state index is 12.3. The van der Waals surface area contributed by atoms with Gasteiger partial charge in [0.05, 0.1) is 21.6 Å². The van der Waals surface area contributed by atoms with E-state index in [2.05, 4.69) is 20.6 Å². The number of carbonyl (C=O) groups excluding carboxylic acids is 2. The largest absolute Gasteiger partial charge is 0.325 e. The Morgan fingerprint density at radius 1 is 0.656 bits per heavy atom. The Hall–Kier alpha value is -3.36. The van der Waals surface area contributed by atoms with Crippen LogP contribution in [0.25, 0.3) is 10.8 Å². The maximum atomic E-state index is 12.3. The molecule has 2 N–H and O–H groups in total. The highest BCUT2D eigenvalue weighted by atomic mass is 32.2. The van der Waals surface area contributed by atoms with Crippen molar-refractivity contribution in [3.8, 4) is 0 Å². The molecule has 6 nitrogen and oxygen atoms in total. The standard InChI is InChI=1S/C24H20N4O2S2/c29-21(15-31-23-5-1-3-11-25-23)27-19-9-7-17-8-10-20(14-18(17)13-19)28-22(30)16-32-24-6-2-4-12-26-24/h1-14H,15-16H2,(H,27,29)(H,28,30). The quantitative estimate of drug-likeness (QED) is 0.356. The normalized spacial score (nSPS) is 10.6. The first-order valence-corrected chi connectivity index (χ1v) is 11.8. The van der Waals surface area contributed by atoms with E-state index in [4.69, 9.17) is 0 Å². The smallest absolute Gasteiger partial charge is 0.234 e. The van der Waals surface area contributed by atoms with E-state index in [1.807, 2.05) is 72.8 Å². The van der Waals surface area contributed by atoms with Crippen molar-refractivity contribution in [3.05, 3.63) is 85.2 Å². The van der Waals surface area contributed by atoms with Crippen molar-refractivity contribution >= 4 is 57.5 Å². The number of thioether (sulfide) groups is 2. The third-order valence-corrected chi connectivity index (χ3v) is 6.27. The minimum atomic E-state index is -0.101. The van der Waals surface area contributed by atoms with Crippen LogP contribution >= 0.6 is 23.5 Å². The van der Waals surface area contributed by atoms with Crippen LogP contribution in [0.1, 0.15) is 0 Å². The highest BCUT2D eigenvalue weighted by molar-refractivity contribution is 8.00. The summed E-state index contributed by atoms with van der Waals surface area (Å²) >= 11 is 2.77. The van der Waals surface area contributed by atoms with Crippen LogP contribution in [0.3, 0.4) is 0 Å². The van der Waals surface area contributed by atoms with Crippen LogP contribution in [-0.2, 0) is 9.59 Å². The molecule has 32 heavy (non-hydrogen) atoms. The fourth-order valence-corrected chi connectivity index (χ4v) is 4.26. The molecule has 4 aromatic rings. The van der Waals surface area contributed by atoms with Gasteiger partial charge in [0.1, 0.15) is 0 Å². The average molecular weight is 461 g/mol. The van der Waals surface area contributed by atoms with Gasteiger partial charge in [-0.2, -0.15) is 0 Å². The number of nitrogens with zero attached hydrogens (tertiary/aromatic N) is 2. The van der Waals surface area contributed by atoms with Crippen LogP contribution in [0.5, 0.6) is 0 Å². The van der Waals surface area contributed by atoms with Gasteiger partial charge in [-0.05, 0) is 59.3 Å². The fourth-order valence-electron chi connectivity index (χ4n) is 2.94. The third-order valence-electron chi connectivity index (χ3n) is 4.39. The lowest BCUT2D eigenvalue weighted by molar-refractivity contribution is -0.114. The zero-order chi connectivity index (χ0) is 22.2. The van der Waals surface area contributed by atoms with Crippen LogP contribution < -0.4 is 10.6 Å². The molecule has 0 unspecified atom stereocenters. The van der Waals surface area contributed by atoms with Gasteiger partial charge in [0.25, 0.3) is 0 Å². The first-order valence-electron chi connectivity index (χ1n) is 9.87. The van der Waals surface area contributed by atoms with Gasteiger partial charge in [0.15, 0.2) is 0 Å². The molecule has 0 aliphatic carbocycles. The molecule has 2 aromatic heterocycles. The number of benzene rings is 2. The highest BCUT2D eigenvalue weighted by Crippen LogP contribution is 2.24. The van der Waals surface area contributed by atoms with Crippen molar-refractivity contribution < 1.29 is 9.59 Å². The zero-order valence-corrected chi connectivity index (χ0v) is 18.7. The van der Waals surface area contributed by atoms with E-state index in [9.17, 15) is 9.59 Å². The number of nitrogens with one attached hydrogen (secondary N) is 2. The molecule has 0 atom stereocenters. The molecule has 2 aromatic carbocycles. The van der Waals surface area contributed by atoms with Crippen molar-refractivity contribution in [2.45, 2.75) is 10.1 Å². The van der Waals surface area contributed by atoms with Gasteiger partial charge in [0.2, 0.25) is 11.8 Å². The molecule has 160 valence electrons. The Labute approximate surface area is 194 Å². The predicted molar refractivity (Wildman–Crippen MR) is 131 cm³/mol. The van der Waals surface area contributed by atoms with Gasteiger partial charge in [-0.1, -0.05) is 47.8 Å². The highest BCUT2D eigenvalue weighted by Gasteiger charge is 2.07. The summed E-state index contributed by atoms with van der Waals surface area (Å²) in [4.78, 5) is 33.0. The zero-order valence-electron chi connectivity index (χ0n) is 17.0. The summed E-state index contributed by atoms with van der Waals surface area (Å²) in [6.45, 7) is 0. The SMILES string of the molecule is O=C(CSc1ccccn1)Nc1ccc2ccc(NC(=O)CSc3ccccn3)cc2c1. The Morgan fingerprint density at radius 3 is 1.59 bits per heavy atom. The molecule has 0 spiro atoms. The fraction of sp³-hybridized carbons (Fsp3) is 0.0833. The summed E-state index contributed by atoms with van der Waals surface area (Å²) in [5.41, 5.74) is 1.41. The Morgan fingerprint density at radius 2 is 1.16 bits per heavy atom. The molecule has 8 heteroatoms. The molecule has 2 heterocycles. The molecular weight excluding hydrogens is 440 g/mol. The molecule has 0 saturated heterocycles. The van der Waals surface area contributed by atoms with E-state index < -0.39 is 0 Å². The van der Waals surface area contributed by atoms with E-state index in [1.54, 1.807) is 12.4 Å². The summed E-state index contributed by atoms with van der Waals surface area (Å²) in [5.74, 6) is 0.352. The van der Waals surface area contributed by atoms with E-state index in [0.29, 0.717) is 11.4 Å². The first-order chi connectivity index (χ1) is 15.7. The average Bonchev–Trinajstić information content (AvgIpc) is 2.82. The molecular formula is C24H20N4O2S2. The van der Waals surface area contributed by atoms with E-state index in [1.165, 1.54) is 23.5 Å². The minimum absolute atomic E-state index is 0.101. The molecule has 0 aliphatic heterocycles. The summed E-state index contributed by atoms with van der Waals surface area (Å²) in [6.07, 6.45) is 3.41. The molecule has 2 amide bonds. The Kier molecular flexibility index (Phi) is 7.37. The van der Waals surface area contributed by atoms with E-state index >= 15 is 0 Å². The molecule has 0 aliphatic rings. The minimum Gasteiger partial charge on any atom is -0.325 e. The van der Waals surface area contributed by atoms with Gasteiger partial charge in [-0.15, -0.1) is 0 Å². The number of amides is 2. The second-order valence-electron chi connectivity index (χ2n) is 6.79. The lowest BCUT2D eigenvalue weighted by Gasteiger charge is -2.09. The number of hydrogen-bond donors (Lipinski definition) is 2. The number of hydrogen-bond acceptors (Lipinski definition) is 6. The number of anilines is 2. The Balaban J connectivity index is 1.35. The van der Waals surface area contributed by atoms with Crippen LogP contribution in [0.4, 0.5) is 11.4 Å². The molecule has 4 rings (SSSR count). The molecule has 0 bridgehead atoms.